The van der Waals surface area contributed by atoms with Gasteiger partial charge in [-0.2, -0.15) is 0 Å². The minimum Gasteiger partial charge on any atom is -0.350 e. The van der Waals surface area contributed by atoms with Gasteiger partial charge in [-0.3, -0.25) is 4.79 Å². The molecule has 4 nitrogen and oxygen atoms in total. The van der Waals surface area contributed by atoms with E-state index in [2.05, 4.69) is 10.3 Å². The Bertz CT molecular complexity index is 692. The van der Waals surface area contributed by atoms with E-state index in [0.717, 1.165) is 0 Å². The fourth-order valence-electron chi connectivity index (χ4n) is 2.05. The van der Waals surface area contributed by atoms with Crippen LogP contribution in [0.4, 0.5) is 4.39 Å². The van der Waals surface area contributed by atoms with Gasteiger partial charge in [0.2, 0.25) is 5.91 Å². The zero-order chi connectivity index (χ0) is 15.8. The zero-order valence-corrected chi connectivity index (χ0v) is 13.5. The van der Waals surface area contributed by atoms with Gasteiger partial charge in [0.1, 0.15) is 18.2 Å². The summed E-state index contributed by atoms with van der Waals surface area (Å²) >= 11 is 11.7. The molecule has 0 fully saturated rings. The number of nitrogens with one attached hydrogen (secondary N) is 1. The Balaban J connectivity index is 2.42. The maximum absolute atomic E-state index is 13.5. The topological polar surface area (TPSA) is 46.9 Å². The van der Waals surface area contributed by atoms with E-state index in [-0.39, 0.29) is 28.9 Å². The Hall–Kier alpha value is -1.33. The summed E-state index contributed by atoms with van der Waals surface area (Å²) < 4.78 is 15.1. The molecule has 2 aromatic rings. The molecule has 0 atom stereocenters. The first-order chi connectivity index (χ1) is 9.71. The number of hydrogen-bond acceptors (Lipinski definition) is 2. The summed E-state index contributed by atoms with van der Waals surface area (Å²) in [4.78, 5) is 16.3. The second-order valence-electron chi connectivity index (χ2n) is 5.80. The molecule has 7 heteroatoms. The highest BCUT2D eigenvalue weighted by atomic mass is 35.5. The predicted octanol–water partition coefficient (Wildman–Crippen LogP) is 3.48. The average Bonchev–Trinajstić information content (AvgIpc) is 2.65. The van der Waals surface area contributed by atoms with Gasteiger partial charge >= 0.3 is 0 Å². The van der Waals surface area contributed by atoms with Gasteiger partial charge in [0.25, 0.3) is 0 Å². The molecule has 0 unspecified atom stereocenters. The summed E-state index contributed by atoms with van der Waals surface area (Å²) in [6.45, 7) is 5.74. The van der Waals surface area contributed by atoms with Crippen molar-refractivity contribution < 1.29 is 9.18 Å². The molecule has 1 aromatic carbocycles. The molecule has 0 radical (unpaired) electrons. The molecule has 1 aromatic heterocycles. The lowest BCUT2D eigenvalue weighted by Crippen LogP contribution is -2.42. The van der Waals surface area contributed by atoms with Crippen molar-refractivity contribution in [1.82, 2.24) is 14.9 Å². The number of rotatable bonds is 3. The molecular weight excluding hydrogens is 316 g/mol. The highest BCUT2D eigenvalue weighted by Gasteiger charge is 2.18. The molecule has 0 saturated carbocycles. The predicted molar refractivity (Wildman–Crippen MR) is 82.2 cm³/mol. The molecule has 1 N–H and O–H groups in total. The van der Waals surface area contributed by atoms with Gasteiger partial charge in [0, 0.05) is 11.6 Å². The third-order valence-corrected chi connectivity index (χ3v) is 3.33. The van der Waals surface area contributed by atoms with Crippen molar-refractivity contribution in [3.05, 3.63) is 28.8 Å². The Labute approximate surface area is 132 Å². The van der Waals surface area contributed by atoms with Crippen molar-refractivity contribution >= 4 is 40.1 Å². The molecule has 114 valence electrons. The minimum absolute atomic E-state index is 0.0130. The van der Waals surface area contributed by atoms with Crippen molar-refractivity contribution in [2.75, 3.05) is 0 Å². The van der Waals surface area contributed by atoms with Crippen LogP contribution >= 0.6 is 23.2 Å². The van der Waals surface area contributed by atoms with Gasteiger partial charge < -0.3 is 9.88 Å². The lowest BCUT2D eigenvalue weighted by molar-refractivity contribution is -0.123. The number of fused-ring (bicyclic) bond motifs is 1. The lowest BCUT2D eigenvalue weighted by Gasteiger charge is -2.21. The molecule has 1 amide bonds. The molecule has 0 aliphatic rings. The van der Waals surface area contributed by atoms with E-state index < -0.39 is 5.82 Å². The van der Waals surface area contributed by atoms with Crippen molar-refractivity contribution in [1.29, 1.82) is 0 Å². The van der Waals surface area contributed by atoms with Crippen LogP contribution in [-0.4, -0.2) is 21.0 Å². The van der Waals surface area contributed by atoms with Crippen molar-refractivity contribution in [3.63, 3.8) is 0 Å². The number of alkyl halides is 1. The van der Waals surface area contributed by atoms with E-state index in [1.165, 1.54) is 12.1 Å². The highest BCUT2D eigenvalue weighted by molar-refractivity contribution is 6.31. The summed E-state index contributed by atoms with van der Waals surface area (Å²) in [7, 11) is 0. The van der Waals surface area contributed by atoms with Gasteiger partial charge in [-0.25, -0.2) is 9.37 Å². The molecule has 0 aliphatic carbocycles. The maximum atomic E-state index is 13.5. The quantitative estimate of drug-likeness (QED) is 0.875. The largest absolute Gasteiger partial charge is 0.350 e. The van der Waals surface area contributed by atoms with Gasteiger partial charge in [0.15, 0.2) is 0 Å². The third kappa shape index (κ3) is 3.66. The van der Waals surface area contributed by atoms with Crippen LogP contribution in [0.5, 0.6) is 0 Å². The lowest BCUT2D eigenvalue weighted by atomic mass is 10.1. The number of halogens is 3. The molecule has 1 heterocycles. The zero-order valence-electron chi connectivity index (χ0n) is 12.0. The Kier molecular flexibility index (Phi) is 4.44. The summed E-state index contributed by atoms with van der Waals surface area (Å²) in [5.74, 6) is -0.100. The number of nitrogens with zero attached hydrogens (tertiary/aromatic N) is 2. The van der Waals surface area contributed by atoms with Gasteiger partial charge in [0.05, 0.1) is 21.9 Å². The second kappa shape index (κ2) is 5.81. The highest BCUT2D eigenvalue weighted by Crippen LogP contribution is 2.24. The summed E-state index contributed by atoms with van der Waals surface area (Å²) in [6.07, 6.45) is 0. The maximum Gasteiger partial charge on any atom is 0.240 e. The van der Waals surface area contributed by atoms with Crippen molar-refractivity contribution in [2.24, 2.45) is 0 Å². The van der Waals surface area contributed by atoms with Crippen LogP contribution in [0.1, 0.15) is 26.6 Å². The second-order valence-corrected chi connectivity index (χ2v) is 6.48. The average molecular weight is 332 g/mol. The standard InChI is InChI=1S/C14H16Cl2FN3O/c1-14(2,3)19-13(21)7-20-11-4-8(16)9(17)5-10(11)18-12(20)6-15/h4-5H,6-7H2,1-3H3,(H,19,21). The smallest absolute Gasteiger partial charge is 0.240 e. The molecule has 0 saturated heterocycles. The van der Waals surface area contributed by atoms with Gasteiger partial charge in [-0.05, 0) is 26.8 Å². The summed E-state index contributed by atoms with van der Waals surface area (Å²) in [5.41, 5.74) is 0.676. The Morgan fingerprint density at radius 1 is 1.43 bits per heavy atom. The van der Waals surface area contributed by atoms with E-state index in [1.54, 1.807) is 4.57 Å². The molecular formula is C14H16Cl2FN3O. The Morgan fingerprint density at radius 3 is 2.67 bits per heavy atom. The van der Waals surface area contributed by atoms with E-state index in [1.807, 2.05) is 20.8 Å². The number of carbonyl (C=O) groups excluding carboxylic acids is 1. The molecule has 0 spiro atoms. The van der Waals surface area contributed by atoms with Crippen molar-refractivity contribution in [3.8, 4) is 0 Å². The summed E-state index contributed by atoms with van der Waals surface area (Å²) in [6, 6.07) is 2.70. The Morgan fingerprint density at radius 2 is 2.10 bits per heavy atom. The van der Waals surface area contributed by atoms with Crippen molar-refractivity contribution in [2.45, 2.75) is 38.7 Å². The molecule has 2 rings (SSSR count). The number of hydrogen-bond donors (Lipinski definition) is 1. The van der Waals surface area contributed by atoms with Crippen LogP contribution in [0.3, 0.4) is 0 Å². The van der Waals surface area contributed by atoms with Crippen LogP contribution in [0.15, 0.2) is 12.1 Å². The first-order valence-corrected chi connectivity index (χ1v) is 7.33. The number of aromatic nitrogens is 2. The van der Waals surface area contributed by atoms with E-state index >= 15 is 0 Å². The first kappa shape index (κ1) is 16.0. The molecule has 21 heavy (non-hydrogen) atoms. The normalized spacial score (nSPS) is 11.9. The van der Waals surface area contributed by atoms with E-state index in [9.17, 15) is 9.18 Å². The molecule has 0 aliphatic heterocycles. The first-order valence-electron chi connectivity index (χ1n) is 6.42. The number of carbonyl (C=O) groups is 1. The summed E-state index contributed by atoms with van der Waals surface area (Å²) in [5, 5.41) is 2.85. The fourth-order valence-corrected chi connectivity index (χ4v) is 2.41. The number of imidazole rings is 1. The fraction of sp³-hybridized carbons (Fsp3) is 0.429. The van der Waals surface area contributed by atoms with Gasteiger partial charge in [-0.15, -0.1) is 11.6 Å². The van der Waals surface area contributed by atoms with Crippen LogP contribution in [0.25, 0.3) is 11.0 Å². The SMILES string of the molecule is CC(C)(C)NC(=O)Cn1c(CCl)nc2cc(F)c(Cl)cc21. The number of amides is 1. The minimum atomic E-state index is -0.547. The van der Waals surface area contributed by atoms with Gasteiger partial charge in [-0.1, -0.05) is 11.6 Å². The monoisotopic (exact) mass is 331 g/mol. The number of benzene rings is 1. The van der Waals surface area contributed by atoms with E-state index in [0.29, 0.717) is 16.9 Å². The molecule has 0 bridgehead atoms. The van der Waals surface area contributed by atoms with E-state index in [4.69, 9.17) is 23.2 Å². The third-order valence-electron chi connectivity index (χ3n) is 2.81. The van der Waals surface area contributed by atoms with Crippen LogP contribution in [0.2, 0.25) is 5.02 Å². The van der Waals surface area contributed by atoms with Crippen LogP contribution < -0.4 is 5.32 Å². The van der Waals surface area contributed by atoms with Crippen LogP contribution in [0, 0.1) is 5.82 Å². The van der Waals surface area contributed by atoms with Crippen LogP contribution in [-0.2, 0) is 17.2 Å².